The lowest BCUT2D eigenvalue weighted by molar-refractivity contribution is 0.585. The van der Waals surface area contributed by atoms with Crippen molar-refractivity contribution < 1.29 is 0 Å². The van der Waals surface area contributed by atoms with E-state index in [2.05, 4.69) is 10.4 Å². The van der Waals surface area contributed by atoms with Gasteiger partial charge in [0, 0.05) is 32.4 Å². The lowest BCUT2D eigenvalue weighted by atomic mass is 10.2. The average molecular weight is 286 g/mol. The molecule has 0 radical (unpaired) electrons. The van der Waals surface area contributed by atoms with Gasteiger partial charge in [-0.1, -0.05) is 17.7 Å². The number of rotatable bonds is 2. The molecule has 21 heavy (non-hydrogen) atoms. The van der Waals surface area contributed by atoms with Crippen molar-refractivity contribution in [1.82, 2.24) is 15.1 Å². The summed E-state index contributed by atoms with van der Waals surface area (Å²) in [4.78, 5) is 26.5. The molecule has 1 aliphatic rings. The molecular formula is C15H18N4O2. The fourth-order valence-electron chi connectivity index (χ4n) is 2.49. The number of aromatic amines is 1. The molecule has 1 aromatic carbocycles. The molecule has 0 unspecified atom stereocenters. The van der Waals surface area contributed by atoms with Crippen LogP contribution in [0.3, 0.4) is 0 Å². The first kappa shape index (κ1) is 13.6. The van der Waals surface area contributed by atoms with Crippen molar-refractivity contribution in [2.75, 3.05) is 31.1 Å². The highest BCUT2D eigenvalue weighted by Crippen LogP contribution is 2.08. The van der Waals surface area contributed by atoms with E-state index in [9.17, 15) is 9.59 Å². The van der Waals surface area contributed by atoms with E-state index in [-0.39, 0.29) is 0 Å². The van der Waals surface area contributed by atoms with Crippen molar-refractivity contribution in [2.45, 2.75) is 6.92 Å². The van der Waals surface area contributed by atoms with E-state index in [1.165, 1.54) is 4.68 Å². The predicted octanol–water partition coefficient (Wildman–Crippen LogP) is 0.244. The van der Waals surface area contributed by atoms with Crippen molar-refractivity contribution in [2.24, 2.45) is 0 Å². The van der Waals surface area contributed by atoms with Crippen LogP contribution in [-0.2, 0) is 0 Å². The minimum Gasteiger partial charge on any atom is -0.364 e. The van der Waals surface area contributed by atoms with Crippen molar-refractivity contribution in [3.05, 3.63) is 56.6 Å². The number of benzene rings is 1. The van der Waals surface area contributed by atoms with Gasteiger partial charge in [-0.3, -0.25) is 14.7 Å². The molecular weight excluding hydrogens is 268 g/mol. The Morgan fingerprint density at radius 3 is 2.38 bits per heavy atom. The van der Waals surface area contributed by atoms with Gasteiger partial charge in [-0.05, 0) is 19.1 Å². The zero-order chi connectivity index (χ0) is 14.8. The van der Waals surface area contributed by atoms with E-state index >= 15 is 0 Å². The Bertz CT molecular complexity index is 740. The molecule has 2 heterocycles. The van der Waals surface area contributed by atoms with Crippen LogP contribution in [0.5, 0.6) is 0 Å². The SMILES string of the molecule is Cc1ccc(-n2[nH]cc(N3CCNCC3)c(=O)c2=O)cc1. The maximum atomic E-state index is 12.3. The summed E-state index contributed by atoms with van der Waals surface area (Å²) in [5, 5.41) is 6.15. The summed E-state index contributed by atoms with van der Waals surface area (Å²) in [6, 6.07) is 7.45. The van der Waals surface area contributed by atoms with Crippen LogP contribution in [0.15, 0.2) is 40.1 Å². The first-order valence-corrected chi connectivity index (χ1v) is 7.04. The third-order valence-electron chi connectivity index (χ3n) is 3.71. The monoisotopic (exact) mass is 286 g/mol. The van der Waals surface area contributed by atoms with Gasteiger partial charge < -0.3 is 10.2 Å². The first-order valence-electron chi connectivity index (χ1n) is 7.04. The van der Waals surface area contributed by atoms with Gasteiger partial charge in [0.25, 0.3) is 5.43 Å². The molecule has 1 aromatic heterocycles. The molecule has 6 nitrogen and oxygen atoms in total. The highest BCUT2D eigenvalue weighted by atomic mass is 16.2. The molecule has 0 spiro atoms. The minimum atomic E-state index is -0.546. The van der Waals surface area contributed by atoms with Crippen LogP contribution in [-0.4, -0.2) is 36.0 Å². The molecule has 3 rings (SSSR count). The third-order valence-corrected chi connectivity index (χ3v) is 3.71. The van der Waals surface area contributed by atoms with Gasteiger partial charge in [-0.2, -0.15) is 0 Å². The number of piperazine rings is 1. The van der Waals surface area contributed by atoms with Gasteiger partial charge >= 0.3 is 5.56 Å². The second-order valence-electron chi connectivity index (χ2n) is 5.20. The smallest absolute Gasteiger partial charge is 0.319 e. The number of H-pyrrole nitrogens is 1. The molecule has 0 atom stereocenters. The van der Waals surface area contributed by atoms with Crippen LogP contribution in [0.2, 0.25) is 0 Å². The Morgan fingerprint density at radius 2 is 1.71 bits per heavy atom. The largest absolute Gasteiger partial charge is 0.364 e. The van der Waals surface area contributed by atoms with Crippen LogP contribution >= 0.6 is 0 Å². The topological polar surface area (TPSA) is 70.1 Å². The summed E-state index contributed by atoms with van der Waals surface area (Å²) in [5.41, 5.74) is 1.21. The summed E-state index contributed by atoms with van der Waals surface area (Å²) >= 11 is 0. The fourth-order valence-corrected chi connectivity index (χ4v) is 2.49. The van der Waals surface area contributed by atoms with E-state index in [0.717, 1.165) is 31.7 Å². The van der Waals surface area contributed by atoms with Gasteiger partial charge in [-0.25, -0.2) is 4.68 Å². The van der Waals surface area contributed by atoms with E-state index in [0.29, 0.717) is 11.4 Å². The van der Waals surface area contributed by atoms with Crippen molar-refractivity contribution >= 4 is 5.69 Å². The fraction of sp³-hybridized carbons (Fsp3) is 0.333. The number of anilines is 1. The van der Waals surface area contributed by atoms with Gasteiger partial charge in [0.15, 0.2) is 0 Å². The highest BCUT2D eigenvalue weighted by molar-refractivity contribution is 5.44. The molecule has 0 saturated carbocycles. The minimum absolute atomic E-state index is 0.449. The summed E-state index contributed by atoms with van der Waals surface area (Å²) < 4.78 is 1.29. The Kier molecular flexibility index (Phi) is 3.62. The first-order chi connectivity index (χ1) is 10.2. The Labute approximate surface area is 122 Å². The number of nitrogens with zero attached hydrogens (tertiary/aromatic N) is 2. The van der Waals surface area contributed by atoms with Crippen molar-refractivity contribution in [3.63, 3.8) is 0 Å². The van der Waals surface area contributed by atoms with Crippen molar-refractivity contribution in [3.8, 4) is 5.69 Å². The second-order valence-corrected chi connectivity index (χ2v) is 5.20. The van der Waals surface area contributed by atoms with Gasteiger partial charge in [-0.15, -0.1) is 0 Å². The second kappa shape index (κ2) is 5.57. The lowest BCUT2D eigenvalue weighted by Gasteiger charge is -2.28. The molecule has 6 heteroatoms. The van der Waals surface area contributed by atoms with E-state index in [1.54, 1.807) is 6.20 Å². The molecule has 0 bridgehead atoms. The van der Waals surface area contributed by atoms with Crippen LogP contribution < -0.4 is 21.2 Å². The Hall–Kier alpha value is -2.34. The average Bonchev–Trinajstić information content (AvgIpc) is 2.52. The van der Waals surface area contributed by atoms with Gasteiger partial charge in [0.2, 0.25) is 0 Å². The normalized spacial score (nSPS) is 15.2. The summed E-state index contributed by atoms with van der Waals surface area (Å²) in [7, 11) is 0. The maximum absolute atomic E-state index is 12.3. The van der Waals surface area contributed by atoms with Crippen LogP contribution in [0, 0.1) is 6.92 Å². The predicted molar refractivity (Wildman–Crippen MR) is 82.5 cm³/mol. The summed E-state index contributed by atoms with van der Waals surface area (Å²) in [6.07, 6.45) is 1.62. The van der Waals surface area contributed by atoms with Crippen LogP contribution in [0.4, 0.5) is 5.69 Å². The zero-order valence-electron chi connectivity index (χ0n) is 11.9. The van der Waals surface area contributed by atoms with Crippen LogP contribution in [0.25, 0.3) is 5.69 Å². The summed E-state index contributed by atoms with van der Waals surface area (Å²) in [5.74, 6) is 0. The Balaban J connectivity index is 2.02. The molecule has 0 aliphatic carbocycles. The lowest BCUT2D eigenvalue weighted by Crippen LogP contribution is -2.48. The number of hydrogen-bond acceptors (Lipinski definition) is 4. The molecule has 2 aromatic rings. The molecule has 1 fully saturated rings. The molecule has 0 amide bonds. The molecule has 110 valence electrons. The number of hydrogen-bond donors (Lipinski definition) is 2. The number of nitrogens with one attached hydrogen (secondary N) is 2. The number of aromatic nitrogens is 2. The van der Waals surface area contributed by atoms with E-state index in [1.807, 2.05) is 36.1 Å². The van der Waals surface area contributed by atoms with E-state index in [4.69, 9.17) is 0 Å². The van der Waals surface area contributed by atoms with Gasteiger partial charge in [0.05, 0.1) is 5.69 Å². The Morgan fingerprint density at radius 1 is 1.05 bits per heavy atom. The maximum Gasteiger partial charge on any atom is 0.319 e. The van der Waals surface area contributed by atoms with Crippen molar-refractivity contribution in [1.29, 1.82) is 0 Å². The highest BCUT2D eigenvalue weighted by Gasteiger charge is 2.16. The summed E-state index contributed by atoms with van der Waals surface area (Å²) in [6.45, 7) is 5.08. The molecule has 1 saturated heterocycles. The standard InChI is InChI=1S/C15H18N4O2/c1-11-2-4-12(5-3-11)19-15(21)14(20)13(10-17-19)18-8-6-16-7-9-18/h2-5,10,16-17H,6-9H2,1H3. The zero-order valence-corrected chi connectivity index (χ0v) is 11.9. The number of aryl methyl sites for hydroxylation is 1. The third kappa shape index (κ3) is 2.62. The van der Waals surface area contributed by atoms with Gasteiger partial charge in [0.1, 0.15) is 5.69 Å². The van der Waals surface area contributed by atoms with Crippen LogP contribution in [0.1, 0.15) is 5.56 Å². The molecule has 1 aliphatic heterocycles. The molecule has 2 N–H and O–H groups in total. The van der Waals surface area contributed by atoms with E-state index < -0.39 is 11.0 Å². The quantitative estimate of drug-likeness (QED) is 0.776.